The number of hydrogen-bond acceptors (Lipinski definition) is 6. The van der Waals surface area contributed by atoms with E-state index in [2.05, 4.69) is 10.1 Å². The largest absolute Gasteiger partial charge is 0.497 e. The maximum Gasteiger partial charge on any atom is 0.243 e. The van der Waals surface area contributed by atoms with Crippen molar-refractivity contribution in [2.24, 2.45) is 0 Å². The highest BCUT2D eigenvalue weighted by Crippen LogP contribution is 2.31. The van der Waals surface area contributed by atoms with Crippen molar-refractivity contribution in [3.63, 3.8) is 0 Å². The number of benzene rings is 2. The summed E-state index contributed by atoms with van der Waals surface area (Å²) in [5.41, 5.74) is 4.19. The van der Waals surface area contributed by atoms with Gasteiger partial charge in [-0.15, -0.1) is 0 Å². The highest BCUT2D eigenvalue weighted by atomic mass is 32.2. The van der Waals surface area contributed by atoms with Gasteiger partial charge >= 0.3 is 0 Å². The Labute approximate surface area is 183 Å². The molecule has 31 heavy (non-hydrogen) atoms. The molecule has 0 radical (unpaired) electrons. The summed E-state index contributed by atoms with van der Waals surface area (Å²) in [5.74, 6) is 1.48. The predicted octanol–water partition coefficient (Wildman–Crippen LogP) is 3.79. The monoisotopic (exact) mass is 441 g/mol. The minimum Gasteiger partial charge on any atom is -0.497 e. The zero-order valence-corrected chi connectivity index (χ0v) is 19.1. The van der Waals surface area contributed by atoms with Crippen molar-refractivity contribution in [1.29, 1.82) is 0 Å². The van der Waals surface area contributed by atoms with Gasteiger partial charge in [0.05, 0.1) is 17.7 Å². The molecule has 1 aliphatic rings. The Bertz CT molecular complexity index is 1160. The van der Waals surface area contributed by atoms with Crippen molar-refractivity contribution in [2.45, 2.75) is 25.7 Å². The minimum atomic E-state index is -3.61. The zero-order chi connectivity index (χ0) is 22.2. The third-order valence-electron chi connectivity index (χ3n) is 5.80. The van der Waals surface area contributed by atoms with Gasteiger partial charge in [0.2, 0.25) is 10.0 Å². The van der Waals surface area contributed by atoms with Crippen LogP contribution in [0.1, 0.15) is 17.0 Å². The van der Waals surface area contributed by atoms with Crippen LogP contribution in [0.15, 0.2) is 51.9 Å². The number of piperazine rings is 1. The van der Waals surface area contributed by atoms with E-state index in [1.165, 1.54) is 0 Å². The van der Waals surface area contributed by atoms with E-state index >= 15 is 0 Å². The van der Waals surface area contributed by atoms with Gasteiger partial charge in [-0.1, -0.05) is 17.3 Å². The number of ether oxygens (including phenoxy) is 1. The fraction of sp³-hybridized carbons (Fsp3) is 0.348. The molecule has 164 valence electrons. The Morgan fingerprint density at radius 1 is 0.968 bits per heavy atom. The molecular formula is C23H27N3O4S. The summed E-state index contributed by atoms with van der Waals surface area (Å²) in [5, 5.41) is 4.00. The van der Waals surface area contributed by atoms with E-state index in [0.717, 1.165) is 33.8 Å². The van der Waals surface area contributed by atoms with Crippen LogP contribution < -0.4 is 9.64 Å². The third-order valence-corrected chi connectivity index (χ3v) is 7.84. The van der Waals surface area contributed by atoms with Gasteiger partial charge in [-0.3, -0.25) is 0 Å². The lowest BCUT2D eigenvalue weighted by molar-refractivity contribution is 0.384. The Balaban J connectivity index is 1.56. The molecule has 1 aromatic heterocycles. The molecule has 0 unspecified atom stereocenters. The molecule has 0 atom stereocenters. The topological polar surface area (TPSA) is 75.9 Å². The number of anilines is 1. The molecule has 0 amide bonds. The number of sulfonamides is 1. The van der Waals surface area contributed by atoms with E-state index in [1.54, 1.807) is 17.5 Å². The van der Waals surface area contributed by atoms with Gasteiger partial charge in [0.25, 0.3) is 0 Å². The molecule has 7 nitrogen and oxygen atoms in total. The van der Waals surface area contributed by atoms with Gasteiger partial charge in [0.1, 0.15) is 11.5 Å². The first-order valence-corrected chi connectivity index (χ1v) is 11.7. The molecule has 8 heteroatoms. The van der Waals surface area contributed by atoms with Gasteiger partial charge in [-0.2, -0.15) is 4.31 Å². The molecule has 0 spiro atoms. The molecule has 0 N–H and O–H groups in total. The predicted molar refractivity (Wildman–Crippen MR) is 120 cm³/mol. The van der Waals surface area contributed by atoms with Crippen molar-refractivity contribution in [3.8, 4) is 16.9 Å². The van der Waals surface area contributed by atoms with Gasteiger partial charge in [-0.05, 0) is 62.2 Å². The molecule has 1 aliphatic heterocycles. The third kappa shape index (κ3) is 4.05. The van der Waals surface area contributed by atoms with E-state index in [9.17, 15) is 8.42 Å². The summed E-state index contributed by atoms with van der Waals surface area (Å²) in [6.07, 6.45) is 0. The van der Waals surface area contributed by atoms with E-state index in [4.69, 9.17) is 9.26 Å². The second-order valence-electron chi connectivity index (χ2n) is 7.77. The number of hydrogen-bond donors (Lipinski definition) is 0. The van der Waals surface area contributed by atoms with Gasteiger partial charge in [0, 0.05) is 37.4 Å². The average molecular weight is 442 g/mol. The van der Waals surface area contributed by atoms with Crippen LogP contribution >= 0.6 is 0 Å². The fourth-order valence-corrected chi connectivity index (χ4v) is 5.72. The number of methoxy groups -OCH3 is 1. The molecular weight excluding hydrogens is 414 g/mol. The Kier molecular flexibility index (Phi) is 5.77. The number of nitrogens with zero attached hydrogens (tertiary/aromatic N) is 3. The van der Waals surface area contributed by atoms with Crippen LogP contribution in [-0.4, -0.2) is 51.2 Å². The molecule has 3 aromatic rings. The molecule has 4 rings (SSSR count). The lowest BCUT2D eigenvalue weighted by Crippen LogP contribution is -2.48. The quantitative estimate of drug-likeness (QED) is 0.600. The van der Waals surface area contributed by atoms with Crippen LogP contribution in [0.25, 0.3) is 11.1 Å². The van der Waals surface area contributed by atoms with Crippen LogP contribution in [-0.2, 0) is 10.0 Å². The molecule has 2 heterocycles. The van der Waals surface area contributed by atoms with Crippen LogP contribution in [0.5, 0.6) is 5.75 Å². The first-order chi connectivity index (χ1) is 14.8. The zero-order valence-electron chi connectivity index (χ0n) is 18.3. The first kappa shape index (κ1) is 21.4. The normalized spacial score (nSPS) is 15.3. The smallest absolute Gasteiger partial charge is 0.243 e. The Hall–Kier alpha value is -2.84. The van der Waals surface area contributed by atoms with E-state index in [1.807, 2.05) is 57.2 Å². The SMILES string of the molecule is COc1ccc(N2CCN(S(=O)(=O)c3cc(-c4c(C)noc4C)ccc3C)CC2)cc1. The summed E-state index contributed by atoms with van der Waals surface area (Å²) in [6, 6.07) is 13.3. The van der Waals surface area contributed by atoms with Gasteiger partial charge < -0.3 is 14.2 Å². The molecule has 2 aromatic carbocycles. The minimum absolute atomic E-state index is 0.336. The Morgan fingerprint density at radius 3 is 2.23 bits per heavy atom. The lowest BCUT2D eigenvalue weighted by Gasteiger charge is -2.35. The highest BCUT2D eigenvalue weighted by Gasteiger charge is 2.30. The van der Waals surface area contributed by atoms with Crippen LogP contribution in [0.4, 0.5) is 5.69 Å². The van der Waals surface area contributed by atoms with Crippen molar-refractivity contribution < 1.29 is 17.7 Å². The highest BCUT2D eigenvalue weighted by molar-refractivity contribution is 7.89. The molecule has 0 bridgehead atoms. The van der Waals surface area contributed by atoms with Crippen molar-refractivity contribution >= 4 is 15.7 Å². The summed E-state index contributed by atoms with van der Waals surface area (Å²) < 4.78 is 39.0. The van der Waals surface area contributed by atoms with E-state index in [-0.39, 0.29) is 0 Å². The molecule has 1 saturated heterocycles. The molecule has 0 saturated carbocycles. The summed E-state index contributed by atoms with van der Waals surface area (Å²) in [4.78, 5) is 2.53. The second-order valence-corrected chi connectivity index (χ2v) is 9.67. The fourth-order valence-electron chi connectivity index (χ4n) is 4.05. The van der Waals surface area contributed by atoms with Crippen LogP contribution in [0.2, 0.25) is 0 Å². The maximum atomic E-state index is 13.5. The van der Waals surface area contributed by atoms with E-state index in [0.29, 0.717) is 36.8 Å². The van der Waals surface area contributed by atoms with E-state index < -0.39 is 10.0 Å². The first-order valence-electron chi connectivity index (χ1n) is 10.2. The van der Waals surface area contributed by atoms with Crippen molar-refractivity contribution in [1.82, 2.24) is 9.46 Å². The summed E-state index contributed by atoms with van der Waals surface area (Å²) in [7, 11) is -1.97. The average Bonchev–Trinajstić information content (AvgIpc) is 3.12. The number of aromatic nitrogens is 1. The van der Waals surface area contributed by atoms with Crippen molar-refractivity contribution in [3.05, 3.63) is 59.5 Å². The van der Waals surface area contributed by atoms with Crippen molar-refractivity contribution in [2.75, 3.05) is 38.2 Å². The standard InChI is InChI=1S/C23H27N3O4S/c1-16-5-6-19(23-17(2)24-30-18(23)3)15-22(16)31(27,28)26-13-11-25(12-14-26)20-7-9-21(29-4)10-8-20/h5-10,15H,11-14H2,1-4H3. The van der Waals surface area contributed by atoms with Crippen LogP contribution in [0.3, 0.4) is 0 Å². The molecule has 1 fully saturated rings. The summed E-state index contributed by atoms with van der Waals surface area (Å²) in [6.45, 7) is 7.66. The molecule has 0 aliphatic carbocycles. The van der Waals surface area contributed by atoms with Gasteiger partial charge in [0.15, 0.2) is 0 Å². The lowest BCUT2D eigenvalue weighted by atomic mass is 10.0. The van der Waals surface area contributed by atoms with Gasteiger partial charge in [-0.25, -0.2) is 8.42 Å². The number of rotatable bonds is 5. The maximum absolute atomic E-state index is 13.5. The van der Waals surface area contributed by atoms with Crippen LogP contribution in [0, 0.1) is 20.8 Å². The Morgan fingerprint density at radius 2 is 1.65 bits per heavy atom. The second kappa shape index (κ2) is 8.36. The summed E-state index contributed by atoms with van der Waals surface area (Å²) >= 11 is 0. The number of aryl methyl sites for hydroxylation is 3.